The summed E-state index contributed by atoms with van der Waals surface area (Å²) in [5.41, 5.74) is 2.43. The zero-order valence-electron chi connectivity index (χ0n) is 16.0. The number of fused-ring (bicyclic) bond motifs is 6. The number of thioether (sulfide) groups is 1. The minimum atomic E-state index is 0.0718. The molecule has 2 aromatic carbocycles. The number of H-pyrrole nitrogens is 1. The standard InChI is InChI=1S/C24H23NO2S2/c26-24-25-23-22(29-24)20(19-15-10-11-16(12-15)21(19)28-23)17-8-4-5-9-18(17)27-13-14-6-2-1-3-7-14/h1-9,15-16,19-21H,10-13H2,(H,25,26)/t15?,16?,19?,20-,21?/m1/s1. The Morgan fingerprint density at radius 3 is 2.69 bits per heavy atom. The second-order valence-corrected chi connectivity index (χ2v) is 10.7. The Morgan fingerprint density at radius 1 is 1.00 bits per heavy atom. The first kappa shape index (κ1) is 17.8. The van der Waals surface area contributed by atoms with Crippen molar-refractivity contribution in [3.05, 3.63) is 80.3 Å². The lowest BCUT2D eigenvalue weighted by atomic mass is 9.74. The average Bonchev–Trinajstić information content (AvgIpc) is 3.46. The summed E-state index contributed by atoms with van der Waals surface area (Å²) in [4.78, 5) is 16.7. The van der Waals surface area contributed by atoms with Crippen molar-refractivity contribution < 1.29 is 4.74 Å². The summed E-state index contributed by atoms with van der Waals surface area (Å²) < 4.78 is 6.34. The highest BCUT2D eigenvalue weighted by molar-refractivity contribution is 8.00. The van der Waals surface area contributed by atoms with Gasteiger partial charge in [0.1, 0.15) is 12.4 Å². The van der Waals surface area contributed by atoms with Crippen LogP contribution in [0.4, 0.5) is 0 Å². The fourth-order valence-electron chi connectivity index (χ4n) is 5.80. The molecule has 4 unspecified atom stereocenters. The van der Waals surface area contributed by atoms with E-state index in [2.05, 4.69) is 41.4 Å². The second kappa shape index (κ2) is 7.06. The van der Waals surface area contributed by atoms with Gasteiger partial charge < -0.3 is 9.72 Å². The molecule has 148 valence electrons. The third-order valence-corrected chi connectivity index (χ3v) is 9.58. The lowest BCUT2D eigenvalue weighted by Crippen LogP contribution is -2.33. The van der Waals surface area contributed by atoms with E-state index in [9.17, 15) is 4.79 Å². The maximum atomic E-state index is 12.2. The van der Waals surface area contributed by atoms with Crippen LogP contribution >= 0.6 is 23.1 Å². The number of benzene rings is 2. The quantitative estimate of drug-likeness (QED) is 0.590. The summed E-state index contributed by atoms with van der Waals surface area (Å²) in [6, 6.07) is 18.8. The van der Waals surface area contributed by atoms with Crippen molar-refractivity contribution in [2.75, 3.05) is 0 Å². The van der Waals surface area contributed by atoms with Crippen LogP contribution < -0.4 is 9.61 Å². The molecule has 2 bridgehead atoms. The molecule has 0 spiro atoms. The van der Waals surface area contributed by atoms with E-state index >= 15 is 0 Å². The van der Waals surface area contributed by atoms with E-state index in [-0.39, 0.29) is 10.8 Å². The topological polar surface area (TPSA) is 42.1 Å². The molecule has 3 aromatic rings. The normalized spacial score (nSPS) is 29.4. The Balaban J connectivity index is 1.41. The van der Waals surface area contributed by atoms with Crippen molar-refractivity contribution in [1.82, 2.24) is 4.98 Å². The highest BCUT2D eigenvalue weighted by Crippen LogP contribution is 2.64. The predicted octanol–water partition coefficient (Wildman–Crippen LogP) is 5.67. The number of thiazole rings is 1. The van der Waals surface area contributed by atoms with Gasteiger partial charge in [-0.25, -0.2) is 0 Å². The van der Waals surface area contributed by atoms with Crippen LogP contribution in [0.3, 0.4) is 0 Å². The first-order valence-electron chi connectivity index (χ1n) is 10.4. The van der Waals surface area contributed by atoms with Gasteiger partial charge in [0.2, 0.25) is 0 Å². The van der Waals surface area contributed by atoms with Gasteiger partial charge in [0.15, 0.2) is 0 Å². The SMILES string of the molecule is O=c1[nH]c2c(s1)[C@H](c1ccccc1OCc1ccccc1)C1C3CCC(C3)C1S2. The van der Waals surface area contributed by atoms with Crippen molar-refractivity contribution in [2.24, 2.45) is 17.8 Å². The van der Waals surface area contributed by atoms with Gasteiger partial charge in [-0.05, 0) is 48.6 Å². The van der Waals surface area contributed by atoms with Gasteiger partial charge in [-0.1, -0.05) is 59.9 Å². The summed E-state index contributed by atoms with van der Waals surface area (Å²) in [6.07, 6.45) is 4.04. The highest BCUT2D eigenvalue weighted by Gasteiger charge is 2.55. The zero-order chi connectivity index (χ0) is 19.4. The molecule has 1 aromatic heterocycles. The minimum absolute atomic E-state index is 0.0718. The van der Waals surface area contributed by atoms with E-state index in [1.807, 2.05) is 30.0 Å². The van der Waals surface area contributed by atoms with E-state index in [0.29, 0.717) is 17.8 Å². The Labute approximate surface area is 178 Å². The van der Waals surface area contributed by atoms with Gasteiger partial charge in [0.25, 0.3) is 0 Å². The van der Waals surface area contributed by atoms with Crippen LogP contribution in [0.25, 0.3) is 0 Å². The summed E-state index contributed by atoms with van der Waals surface area (Å²) in [7, 11) is 0. The highest BCUT2D eigenvalue weighted by atomic mass is 32.2. The van der Waals surface area contributed by atoms with Crippen molar-refractivity contribution >= 4 is 23.1 Å². The number of ether oxygens (including phenoxy) is 1. The molecule has 2 fully saturated rings. The number of nitrogens with one attached hydrogen (secondary N) is 1. The maximum Gasteiger partial charge on any atom is 0.305 e. The molecule has 2 heterocycles. The van der Waals surface area contributed by atoms with E-state index in [1.165, 1.54) is 46.6 Å². The van der Waals surface area contributed by atoms with E-state index < -0.39 is 0 Å². The molecule has 5 atom stereocenters. The van der Waals surface area contributed by atoms with Gasteiger partial charge in [0, 0.05) is 21.6 Å². The van der Waals surface area contributed by atoms with Crippen molar-refractivity contribution in [2.45, 2.75) is 42.1 Å². The number of para-hydroxylation sites is 1. The first-order valence-corrected chi connectivity index (χ1v) is 12.1. The molecular weight excluding hydrogens is 398 g/mol. The monoisotopic (exact) mass is 421 g/mol. The molecule has 1 N–H and O–H groups in total. The average molecular weight is 422 g/mol. The fourth-order valence-corrected chi connectivity index (χ4v) is 8.69. The Morgan fingerprint density at radius 2 is 1.79 bits per heavy atom. The van der Waals surface area contributed by atoms with Gasteiger partial charge in [-0.2, -0.15) is 0 Å². The third kappa shape index (κ3) is 2.98. The Kier molecular flexibility index (Phi) is 4.35. The van der Waals surface area contributed by atoms with Crippen LogP contribution in [0.1, 0.15) is 41.2 Å². The van der Waals surface area contributed by atoms with Crippen LogP contribution in [-0.4, -0.2) is 10.2 Å². The molecule has 3 aliphatic rings. The van der Waals surface area contributed by atoms with Gasteiger partial charge in [-0.15, -0.1) is 11.8 Å². The van der Waals surface area contributed by atoms with E-state index in [4.69, 9.17) is 4.74 Å². The molecule has 1 aliphatic heterocycles. The molecular formula is C24H23NO2S2. The molecule has 2 aliphatic carbocycles. The Hall–Kier alpha value is -1.98. The molecule has 0 saturated heterocycles. The number of rotatable bonds is 4. The molecule has 0 amide bonds. The maximum absolute atomic E-state index is 12.2. The van der Waals surface area contributed by atoms with Crippen LogP contribution in [0, 0.1) is 17.8 Å². The second-order valence-electron chi connectivity index (χ2n) is 8.49. The van der Waals surface area contributed by atoms with E-state index in [1.54, 1.807) is 0 Å². The van der Waals surface area contributed by atoms with E-state index in [0.717, 1.165) is 22.6 Å². The van der Waals surface area contributed by atoms with Crippen LogP contribution in [-0.2, 0) is 6.61 Å². The smallest absolute Gasteiger partial charge is 0.305 e. The number of aromatic nitrogens is 1. The molecule has 5 heteroatoms. The molecule has 3 nitrogen and oxygen atoms in total. The molecule has 2 saturated carbocycles. The van der Waals surface area contributed by atoms with Crippen molar-refractivity contribution in [3.8, 4) is 5.75 Å². The molecule has 0 radical (unpaired) electrons. The summed E-state index contributed by atoms with van der Waals surface area (Å²) >= 11 is 3.35. The lowest BCUT2D eigenvalue weighted by molar-refractivity contribution is 0.280. The minimum Gasteiger partial charge on any atom is -0.489 e. The summed E-state index contributed by atoms with van der Waals surface area (Å²) in [5, 5.41) is 1.73. The van der Waals surface area contributed by atoms with Crippen LogP contribution in [0.5, 0.6) is 5.75 Å². The van der Waals surface area contributed by atoms with Gasteiger partial charge in [0.05, 0.1) is 5.03 Å². The van der Waals surface area contributed by atoms with Crippen molar-refractivity contribution in [1.29, 1.82) is 0 Å². The molecule has 6 rings (SSSR count). The molecule has 29 heavy (non-hydrogen) atoms. The number of aromatic amines is 1. The number of hydrogen-bond donors (Lipinski definition) is 1. The first-order chi connectivity index (χ1) is 14.3. The fraction of sp³-hybridized carbons (Fsp3) is 0.375. The third-order valence-electron chi connectivity index (χ3n) is 6.96. The van der Waals surface area contributed by atoms with Crippen molar-refractivity contribution in [3.63, 3.8) is 0 Å². The summed E-state index contributed by atoms with van der Waals surface area (Å²) in [5.74, 6) is 3.41. The van der Waals surface area contributed by atoms with Crippen LogP contribution in [0.2, 0.25) is 0 Å². The van der Waals surface area contributed by atoms with Crippen LogP contribution in [0.15, 0.2) is 64.4 Å². The summed E-state index contributed by atoms with van der Waals surface area (Å²) in [6.45, 7) is 0.565. The van der Waals surface area contributed by atoms with Gasteiger partial charge >= 0.3 is 4.87 Å². The lowest BCUT2D eigenvalue weighted by Gasteiger charge is -2.40. The van der Waals surface area contributed by atoms with Gasteiger partial charge in [-0.3, -0.25) is 4.79 Å². The Bertz CT molecular complexity index is 1090. The predicted molar refractivity (Wildman–Crippen MR) is 118 cm³/mol. The zero-order valence-corrected chi connectivity index (χ0v) is 17.7. The largest absolute Gasteiger partial charge is 0.489 e. The number of hydrogen-bond acceptors (Lipinski definition) is 4.